The van der Waals surface area contributed by atoms with Crippen molar-refractivity contribution >= 4 is 17.4 Å². The van der Waals surface area contributed by atoms with Crippen molar-refractivity contribution in [2.75, 3.05) is 52.6 Å². The Bertz CT molecular complexity index is 542. The molecule has 3 heterocycles. The van der Waals surface area contributed by atoms with E-state index < -0.39 is 0 Å². The molecule has 0 N–H and O–H groups in total. The molecule has 2 fully saturated rings. The highest BCUT2D eigenvalue weighted by Gasteiger charge is 2.30. The molecule has 1 amide bonds. The Labute approximate surface area is 153 Å². The van der Waals surface area contributed by atoms with Crippen LogP contribution in [0.4, 0.5) is 0 Å². The van der Waals surface area contributed by atoms with E-state index in [1.54, 1.807) is 0 Å². The standard InChI is InChI=1S/C17H28N4O3S/c1-2-3-15-16(25-19-18-15)17(22)21(14-4-10-23-11-5-14)7-6-20-8-12-24-13-9-20/h14H,2-13H2,1H3. The number of aryl methyl sites for hydroxylation is 1. The maximum Gasteiger partial charge on any atom is 0.267 e. The van der Waals surface area contributed by atoms with Crippen LogP contribution < -0.4 is 0 Å². The molecule has 3 rings (SSSR count). The van der Waals surface area contributed by atoms with Gasteiger partial charge < -0.3 is 14.4 Å². The summed E-state index contributed by atoms with van der Waals surface area (Å²) in [4.78, 5) is 18.4. The first-order valence-electron chi connectivity index (χ1n) is 9.29. The molecule has 2 aliphatic rings. The quantitative estimate of drug-likeness (QED) is 0.726. The minimum Gasteiger partial charge on any atom is -0.381 e. The third-order valence-corrected chi connectivity index (χ3v) is 5.65. The van der Waals surface area contributed by atoms with Crippen molar-refractivity contribution in [3.05, 3.63) is 10.6 Å². The van der Waals surface area contributed by atoms with E-state index in [-0.39, 0.29) is 11.9 Å². The Morgan fingerprint density at radius 1 is 1.24 bits per heavy atom. The molecule has 0 atom stereocenters. The molecule has 140 valence electrons. The average Bonchev–Trinajstić information content (AvgIpc) is 3.12. The maximum absolute atomic E-state index is 13.2. The maximum atomic E-state index is 13.2. The molecule has 0 aliphatic carbocycles. The molecule has 7 nitrogen and oxygen atoms in total. The van der Waals surface area contributed by atoms with Gasteiger partial charge in [0.05, 0.1) is 18.9 Å². The van der Waals surface area contributed by atoms with Crippen molar-refractivity contribution in [3.8, 4) is 0 Å². The van der Waals surface area contributed by atoms with E-state index >= 15 is 0 Å². The summed E-state index contributed by atoms with van der Waals surface area (Å²) in [6, 6.07) is 0.249. The molecular formula is C17H28N4O3S. The Hall–Kier alpha value is -1.09. The van der Waals surface area contributed by atoms with E-state index in [9.17, 15) is 4.79 Å². The highest BCUT2D eigenvalue weighted by atomic mass is 32.1. The fourth-order valence-corrected chi connectivity index (χ4v) is 4.09. The van der Waals surface area contributed by atoms with E-state index in [4.69, 9.17) is 9.47 Å². The van der Waals surface area contributed by atoms with Crippen LogP contribution in [0, 0.1) is 0 Å². The molecule has 25 heavy (non-hydrogen) atoms. The van der Waals surface area contributed by atoms with E-state index in [1.807, 2.05) is 4.90 Å². The SMILES string of the molecule is CCCc1nnsc1C(=O)N(CCN1CCOCC1)C1CCOCC1. The molecule has 2 aliphatic heterocycles. The molecule has 1 aromatic heterocycles. The zero-order chi connectivity index (χ0) is 17.5. The van der Waals surface area contributed by atoms with Crippen LogP contribution >= 0.6 is 11.5 Å². The Morgan fingerprint density at radius 3 is 2.68 bits per heavy atom. The molecule has 0 saturated carbocycles. The second kappa shape index (κ2) is 9.56. The lowest BCUT2D eigenvalue weighted by atomic mass is 10.1. The van der Waals surface area contributed by atoms with Crippen LogP contribution in [0.2, 0.25) is 0 Å². The fraction of sp³-hybridized carbons (Fsp3) is 0.824. The zero-order valence-electron chi connectivity index (χ0n) is 15.0. The number of morpholine rings is 1. The minimum absolute atomic E-state index is 0.0959. The van der Waals surface area contributed by atoms with E-state index in [2.05, 4.69) is 21.4 Å². The smallest absolute Gasteiger partial charge is 0.267 e. The van der Waals surface area contributed by atoms with E-state index in [1.165, 1.54) is 11.5 Å². The first-order chi connectivity index (χ1) is 12.3. The zero-order valence-corrected chi connectivity index (χ0v) is 15.8. The number of rotatable bonds is 7. The summed E-state index contributed by atoms with van der Waals surface area (Å²) in [5, 5.41) is 4.17. The van der Waals surface area contributed by atoms with Crippen LogP contribution in [0.15, 0.2) is 0 Å². The fourth-order valence-electron chi connectivity index (χ4n) is 3.42. The van der Waals surface area contributed by atoms with Crippen molar-refractivity contribution in [1.82, 2.24) is 19.4 Å². The van der Waals surface area contributed by atoms with Gasteiger partial charge in [0.25, 0.3) is 5.91 Å². The van der Waals surface area contributed by atoms with E-state index in [0.717, 1.165) is 88.9 Å². The van der Waals surface area contributed by atoms with Gasteiger partial charge in [-0.15, -0.1) is 5.10 Å². The van der Waals surface area contributed by atoms with Crippen molar-refractivity contribution < 1.29 is 14.3 Å². The first kappa shape index (κ1) is 18.7. The Balaban J connectivity index is 1.70. The molecule has 0 radical (unpaired) electrons. The van der Waals surface area contributed by atoms with Crippen LogP contribution in [-0.2, 0) is 15.9 Å². The van der Waals surface area contributed by atoms with Crippen LogP contribution in [0.1, 0.15) is 41.6 Å². The second-order valence-electron chi connectivity index (χ2n) is 6.59. The molecule has 8 heteroatoms. The van der Waals surface area contributed by atoms with E-state index in [0.29, 0.717) is 0 Å². The number of hydrogen-bond donors (Lipinski definition) is 0. The van der Waals surface area contributed by atoms with Gasteiger partial charge in [0.15, 0.2) is 0 Å². The van der Waals surface area contributed by atoms with Gasteiger partial charge in [-0.25, -0.2) is 0 Å². The summed E-state index contributed by atoms with van der Waals surface area (Å²) in [5.41, 5.74) is 0.848. The summed E-state index contributed by atoms with van der Waals surface area (Å²) < 4.78 is 14.9. The average molecular weight is 369 g/mol. The van der Waals surface area contributed by atoms with Crippen LogP contribution in [0.25, 0.3) is 0 Å². The number of amides is 1. The summed E-state index contributed by atoms with van der Waals surface area (Å²) in [6.45, 7) is 8.65. The molecule has 0 bridgehead atoms. The summed E-state index contributed by atoms with van der Waals surface area (Å²) in [5.74, 6) is 0.0959. The highest BCUT2D eigenvalue weighted by molar-refractivity contribution is 7.08. The number of aromatic nitrogens is 2. The van der Waals surface area contributed by atoms with Gasteiger partial charge in [-0.3, -0.25) is 9.69 Å². The van der Waals surface area contributed by atoms with Gasteiger partial charge in [0.1, 0.15) is 4.88 Å². The van der Waals surface area contributed by atoms with Gasteiger partial charge in [-0.2, -0.15) is 0 Å². The normalized spacial score (nSPS) is 19.9. The van der Waals surface area contributed by atoms with Crippen LogP contribution in [-0.4, -0.2) is 83.9 Å². The lowest BCUT2D eigenvalue weighted by Gasteiger charge is -2.36. The second-order valence-corrected chi connectivity index (χ2v) is 7.35. The predicted molar refractivity (Wildman–Crippen MR) is 96.0 cm³/mol. The minimum atomic E-state index is 0.0959. The third-order valence-electron chi connectivity index (χ3n) is 4.89. The summed E-state index contributed by atoms with van der Waals surface area (Å²) in [7, 11) is 0. The number of ether oxygens (including phenoxy) is 2. The molecule has 2 saturated heterocycles. The summed E-state index contributed by atoms with van der Waals surface area (Å²) >= 11 is 1.23. The lowest BCUT2D eigenvalue weighted by molar-refractivity contribution is 0.0142. The number of hydrogen-bond acceptors (Lipinski definition) is 7. The monoisotopic (exact) mass is 368 g/mol. The van der Waals surface area contributed by atoms with Gasteiger partial charge >= 0.3 is 0 Å². The lowest BCUT2D eigenvalue weighted by Crippen LogP contribution is -2.48. The van der Waals surface area contributed by atoms with Crippen LogP contribution in [0.3, 0.4) is 0 Å². The number of nitrogens with zero attached hydrogens (tertiary/aromatic N) is 4. The first-order valence-corrected chi connectivity index (χ1v) is 10.1. The third kappa shape index (κ3) is 4.97. The topological polar surface area (TPSA) is 67.8 Å². The Kier molecular flexibility index (Phi) is 7.15. The number of carbonyl (C=O) groups is 1. The molecule has 1 aromatic rings. The van der Waals surface area contributed by atoms with Crippen LogP contribution in [0.5, 0.6) is 0 Å². The van der Waals surface area contributed by atoms with Gasteiger partial charge in [0.2, 0.25) is 0 Å². The summed E-state index contributed by atoms with van der Waals surface area (Å²) in [6.07, 6.45) is 3.59. The van der Waals surface area contributed by atoms with Gasteiger partial charge in [-0.1, -0.05) is 17.8 Å². The predicted octanol–water partition coefficient (Wildman–Crippen LogP) is 1.44. The number of carbonyl (C=O) groups excluding carboxylic acids is 1. The highest BCUT2D eigenvalue weighted by Crippen LogP contribution is 2.21. The molecule has 0 unspecified atom stereocenters. The molecular weight excluding hydrogens is 340 g/mol. The molecule has 0 spiro atoms. The van der Waals surface area contributed by atoms with Gasteiger partial charge in [0, 0.05) is 45.4 Å². The van der Waals surface area contributed by atoms with Crippen molar-refractivity contribution in [3.63, 3.8) is 0 Å². The Morgan fingerprint density at radius 2 is 1.96 bits per heavy atom. The van der Waals surface area contributed by atoms with Crippen molar-refractivity contribution in [2.24, 2.45) is 0 Å². The van der Waals surface area contributed by atoms with Gasteiger partial charge in [-0.05, 0) is 30.8 Å². The van der Waals surface area contributed by atoms with Crippen molar-refractivity contribution in [1.29, 1.82) is 0 Å². The molecule has 0 aromatic carbocycles. The van der Waals surface area contributed by atoms with Crippen molar-refractivity contribution in [2.45, 2.75) is 38.6 Å². The largest absolute Gasteiger partial charge is 0.381 e.